The van der Waals surface area contributed by atoms with Crippen molar-refractivity contribution in [2.24, 2.45) is 5.92 Å². The Morgan fingerprint density at radius 1 is 1.14 bits per heavy atom. The van der Waals surface area contributed by atoms with Gasteiger partial charge in [0.2, 0.25) is 0 Å². The van der Waals surface area contributed by atoms with Crippen LogP contribution < -0.4 is 10.6 Å². The first-order valence-electron chi connectivity index (χ1n) is 7.55. The maximum atomic E-state index is 11.9. The molecule has 0 atom stereocenters. The van der Waals surface area contributed by atoms with Crippen molar-refractivity contribution in [2.45, 2.75) is 46.6 Å². The Bertz CT molecular complexity index is 502. The predicted molar refractivity (Wildman–Crippen MR) is 88.1 cm³/mol. The van der Waals surface area contributed by atoms with Gasteiger partial charge in [-0.25, -0.2) is 4.79 Å². The Hall–Kier alpha value is -2.04. The molecule has 0 bridgehead atoms. The Balaban J connectivity index is 2.52. The number of rotatable bonds is 5. The van der Waals surface area contributed by atoms with Crippen molar-refractivity contribution in [3.05, 3.63) is 29.8 Å². The maximum absolute atomic E-state index is 11.9. The number of carbonyl (C=O) groups is 2. The van der Waals surface area contributed by atoms with Gasteiger partial charge in [-0.3, -0.25) is 10.1 Å². The molecule has 122 valence electrons. The molecule has 2 N–H and O–H groups in total. The predicted octanol–water partition coefficient (Wildman–Crippen LogP) is 3.81. The van der Waals surface area contributed by atoms with Gasteiger partial charge in [-0.15, -0.1) is 0 Å². The van der Waals surface area contributed by atoms with E-state index in [9.17, 15) is 9.59 Å². The van der Waals surface area contributed by atoms with Crippen LogP contribution in [0.1, 0.15) is 51.4 Å². The average molecular weight is 306 g/mol. The monoisotopic (exact) mass is 306 g/mol. The molecule has 1 aromatic carbocycles. The molecule has 0 aliphatic heterocycles. The summed E-state index contributed by atoms with van der Waals surface area (Å²) in [4.78, 5) is 23.6. The van der Waals surface area contributed by atoms with Gasteiger partial charge in [0.1, 0.15) is 5.60 Å². The van der Waals surface area contributed by atoms with Gasteiger partial charge in [-0.2, -0.15) is 0 Å². The zero-order chi connectivity index (χ0) is 16.8. The molecule has 5 heteroatoms. The van der Waals surface area contributed by atoms with Crippen LogP contribution in [0.15, 0.2) is 24.3 Å². The lowest BCUT2D eigenvalue weighted by atomic mass is 10.1. The van der Waals surface area contributed by atoms with E-state index in [-0.39, 0.29) is 5.91 Å². The summed E-state index contributed by atoms with van der Waals surface area (Å²) < 4.78 is 5.17. The van der Waals surface area contributed by atoms with Crippen LogP contribution in [-0.4, -0.2) is 24.1 Å². The number of hydrogen-bond donors (Lipinski definition) is 2. The molecule has 1 rings (SSSR count). The summed E-state index contributed by atoms with van der Waals surface area (Å²) in [6, 6.07) is 6.72. The van der Waals surface area contributed by atoms with E-state index in [0.717, 1.165) is 6.42 Å². The van der Waals surface area contributed by atoms with Crippen molar-refractivity contribution in [3.8, 4) is 0 Å². The summed E-state index contributed by atoms with van der Waals surface area (Å²) in [5.74, 6) is 0.449. The standard InChI is InChI=1S/C17H26N2O3/c1-12(2)10-11-18-15(20)13-6-8-14(9-7-13)19-16(21)22-17(3,4)5/h6-9,12H,10-11H2,1-5H3,(H,18,20)(H,19,21). The Morgan fingerprint density at radius 3 is 2.23 bits per heavy atom. The zero-order valence-corrected chi connectivity index (χ0v) is 14.0. The largest absolute Gasteiger partial charge is 0.444 e. The van der Waals surface area contributed by atoms with Crippen molar-refractivity contribution < 1.29 is 14.3 Å². The summed E-state index contributed by atoms with van der Waals surface area (Å²) in [7, 11) is 0. The third-order valence-electron chi connectivity index (χ3n) is 2.80. The number of hydrogen-bond acceptors (Lipinski definition) is 3. The molecule has 2 amide bonds. The lowest BCUT2D eigenvalue weighted by molar-refractivity contribution is 0.0635. The lowest BCUT2D eigenvalue weighted by Crippen LogP contribution is -2.27. The first kappa shape index (κ1) is 18.0. The highest BCUT2D eigenvalue weighted by Crippen LogP contribution is 2.13. The molecule has 5 nitrogen and oxygen atoms in total. The molecule has 0 heterocycles. The molecule has 0 aromatic heterocycles. The summed E-state index contributed by atoms with van der Waals surface area (Å²) in [6.45, 7) is 10.3. The van der Waals surface area contributed by atoms with Crippen LogP contribution in [0.2, 0.25) is 0 Å². The van der Waals surface area contributed by atoms with Crippen LogP contribution >= 0.6 is 0 Å². The fraction of sp³-hybridized carbons (Fsp3) is 0.529. The molecule has 0 saturated heterocycles. The highest BCUT2D eigenvalue weighted by atomic mass is 16.6. The molecule has 0 aliphatic rings. The number of amides is 2. The number of anilines is 1. The molecule has 0 saturated carbocycles. The van der Waals surface area contributed by atoms with Gasteiger partial charge < -0.3 is 10.1 Å². The van der Waals surface area contributed by atoms with Gasteiger partial charge in [0, 0.05) is 17.8 Å². The van der Waals surface area contributed by atoms with Gasteiger partial charge >= 0.3 is 6.09 Å². The summed E-state index contributed by atoms with van der Waals surface area (Å²) in [6.07, 6.45) is 0.436. The molecular formula is C17H26N2O3. The molecule has 0 unspecified atom stereocenters. The third-order valence-corrected chi connectivity index (χ3v) is 2.80. The first-order valence-corrected chi connectivity index (χ1v) is 7.55. The van der Waals surface area contributed by atoms with Crippen LogP contribution in [0.3, 0.4) is 0 Å². The van der Waals surface area contributed by atoms with Crippen molar-refractivity contribution in [3.63, 3.8) is 0 Å². The minimum absolute atomic E-state index is 0.107. The maximum Gasteiger partial charge on any atom is 0.412 e. The molecule has 0 aliphatic carbocycles. The second kappa shape index (κ2) is 7.82. The van der Waals surface area contributed by atoms with E-state index in [1.54, 1.807) is 45.0 Å². The van der Waals surface area contributed by atoms with E-state index in [0.29, 0.717) is 23.7 Å². The molecule has 22 heavy (non-hydrogen) atoms. The number of benzene rings is 1. The van der Waals surface area contributed by atoms with Crippen LogP contribution in [0.25, 0.3) is 0 Å². The SMILES string of the molecule is CC(C)CCNC(=O)c1ccc(NC(=O)OC(C)(C)C)cc1. The van der Waals surface area contributed by atoms with Crippen LogP contribution in [0, 0.1) is 5.92 Å². The molecule has 0 fully saturated rings. The topological polar surface area (TPSA) is 67.4 Å². The van der Waals surface area contributed by atoms with E-state index in [1.807, 2.05) is 0 Å². The number of ether oxygens (including phenoxy) is 1. The number of nitrogens with one attached hydrogen (secondary N) is 2. The van der Waals surface area contributed by atoms with Crippen LogP contribution in [0.5, 0.6) is 0 Å². The van der Waals surface area contributed by atoms with E-state index in [2.05, 4.69) is 24.5 Å². The normalized spacial score (nSPS) is 11.2. The first-order chi connectivity index (χ1) is 10.2. The number of carbonyl (C=O) groups excluding carboxylic acids is 2. The zero-order valence-electron chi connectivity index (χ0n) is 14.0. The van der Waals surface area contributed by atoms with Crippen molar-refractivity contribution in [1.29, 1.82) is 0 Å². The van der Waals surface area contributed by atoms with E-state index in [1.165, 1.54) is 0 Å². The minimum Gasteiger partial charge on any atom is -0.444 e. The third kappa shape index (κ3) is 7.11. The molecule has 1 aromatic rings. The van der Waals surface area contributed by atoms with Crippen LogP contribution in [-0.2, 0) is 4.74 Å². The van der Waals surface area contributed by atoms with E-state index < -0.39 is 11.7 Å². The van der Waals surface area contributed by atoms with Gasteiger partial charge in [0.05, 0.1) is 0 Å². The quantitative estimate of drug-likeness (QED) is 0.869. The van der Waals surface area contributed by atoms with Gasteiger partial charge in [-0.1, -0.05) is 13.8 Å². The van der Waals surface area contributed by atoms with Crippen molar-refractivity contribution in [1.82, 2.24) is 5.32 Å². The summed E-state index contributed by atoms with van der Waals surface area (Å²) in [5, 5.41) is 5.50. The minimum atomic E-state index is -0.541. The van der Waals surface area contributed by atoms with E-state index >= 15 is 0 Å². The van der Waals surface area contributed by atoms with Crippen LogP contribution in [0.4, 0.5) is 10.5 Å². The Kier molecular flexibility index (Phi) is 6.40. The Labute approximate surface area is 132 Å². The van der Waals surface area contributed by atoms with Gasteiger partial charge in [-0.05, 0) is 57.4 Å². The van der Waals surface area contributed by atoms with Gasteiger partial charge in [0.25, 0.3) is 5.91 Å². The smallest absolute Gasteiger partial charge is 0.412 e. The second-order valence-electron chi connectivity index (χ2n) is 6.64. The Morgan fingerprint density at radius 2 is 1.73 bits per heavy atom. The fourth-order valence-electron chi connectivity index (χ4n) is 1.70. The van der Waals surface area contributed by atoms with Crippen molar-refractivity contribution >= 4 is 17.7 Å². The lowest BCUT2D eigenvalue weighted by Gasteiger charge is -2.19. The summed E-state index contributed by atoms with van der Waals surface area (Å²) in [5.41, 5.74) is 0.617. The van der Waals surface area contributed by atoms with Gasteiger partial charge in [0.15, 0.2) is 0 Å². The second-order valence-corrected chi connectivity index (χ2v) is 6.64. The summed E-state index contributed by atoms with van der Waals surface area (Å²) >= 11 is 0. The van der Waals surface area contributed by atoms with Crippen molar-refractivity contribution in [2.75, 3.05) is 11.9 Å². The molecular weight excluding hydrogens is 280 g/mol. The highest BCUT2D eigenvalue weighted by molar-refractivity contribution is 5.95. The van der Waals surface area contributed by atoms with E-state index in [4.69, 9.17) is 4.74 Å². The molecule has 0 radical (unpaired) electrons. The molecule has 0 spiro atoms. The highest BCUT2D eigenvalue weighted by Gasteiger charge is 2.16. The average Bonchev–Trinajstić information content (AvgIpc) is 2.36. The fourth-order valence-corrected chi connectivity index (χ4v) is 1.70.